The Hall–Kier alpha value is -2.08. The normalized spacial score (nSPS) is 10.7. The zero-order valence-electron chi connectivity index (χ0n) is 10.2. The second kappa shape index (κ2) is 5.71. The molecule has 0 radical (unpaired) electrons. The average molecular weight is 266 g/mol. The zero-order valence-corrected chi connectivity index (χ0v) is 10.2. The Morgan fingerprint density at radius 2 is 2.05 bits per heavy atom. The van der Waals surface area contributed by atoms with E-state index in [0.29, 0.717) is 18.0 Å². The monoisotopic (exact) mass is 266 g/mol. The zero-order chi connectivity index (χ0) is 13.8. The van der Waals surface area contributed by atoms with Gasteiger partial charge < -0.3 is 9.72 Å². The number of nitrogens with zero attached hydrogens (tertiary/aromatic N) is 1. The third-order valence-corrected chi connectivity index (χ3v) is 2.45. The standard InChI is InChI=1S/C13H12F2N2O2/c1-2-19-7-12-16-11(6-13(18)17-12)8-3-4-9(14)10(15)5-8/h3-6H,2,7H2,1H3,(H,16,17,18). The number of aromatic amines is 1. The lowest BCUT2D eigenvalue weighted by molar-refractivity contribution is 0.128. The quantitative estimate of drug-likeness (QED) is 0.923. The summed E-state index contributed by atoms with van der Waals surface area (Å²) in [5.74, 6) is -1.58. The summed E-state index contributed by atoms with van der Waals surface area (Å²) in [7, 11) is 0. The summed E-state index contributed by atoms with van der Waals surface area (Å²) in [5, 5.41) is 0. The molecule has 2 aromatic rings. The van der Waals surface area contributed by atoms with E-state index in [2.05, 4.69) is 9.97 Å². The number of ether oxygens (including phenoxy) is 1. The average Bonchev–Trinajstić information content (AvgIpc) is 2.39. The minimum absolute atomic E-state index is 0.156. The van der Waals surface area contributed by atoms with Gasteiger partial charge in [-0.3, -0.25) is 4.79 Å². The van der Waals surface area contributed by atoms with Crippen LogP contribution in [0.4, 0.5) is 8.78 Å². The highest BCUT2D eigenvalue weighted by atomic mass is 19.2. The fourth-order valence-corrected chi connectivity index (χ4v) is 1.58. The molecular formula is C13H12F2N2O2. The first-order valence-corrected chi connectivity index (χ1v) is 5.73. The maximum Gasteiger partial charge on any atom is 0.251 e. The molecule has 100 valence electrons. The lowest BCUT2D eigenvalue weighted by Crippen LogP contribution is -2.12. The van der Waals surface area contributed by atoms with Crippen LogP contribution in [0.25, 0.3) is 11.3 Å². The van der Waals surface area contributed by atoms with Crippen molar-refractivity contribution in [2.24, 2.45) is 0 Å². The molecule has 0 saturated carbocycles. The third kappa shape index (κ3) is 3.23. The van der Waals surface area contributed by atoms with Crippen molar-refractivity contribution in [2.75, 3.05) is 6.61 Å². The molecule has 1 N–H and O–H groups in total. The van der Waals surface area contributed by atoms with Crippen molar-refractivity contribution in [2.45, 2.75) is 13.5 Å². The third-order valence-electron chi connectivity index (χ3n) is 2.45. The highest BCUT2D eigenvalue weighted by Crippen LogP contribution is 2.18. The summed E-state index contributed by atoms with van der Waals surface area (Å²) in [6.45, 7) is 2.46. The van der Waals surface area contributed by atoms with Gasteiger partial charge in [-0.05, 0) is 25.1 Å². The van der Waals surface area contributed by atoms with Crippen LogP contribution in [0.2, 0.25) is 0 Å². The maximum absolute atomic E-state index is 13.2. The lowest BCUT2D eigenvalue weighted by Gasteiger charge is -2.05. The molecule has 0 unspecified atom stereocenters. The summed E-state index contributed by atoms with van der Waals surface area (Å²) in [6.07, 6.45) is 0. The van der Waals surface area contributed by atoms with Crippen molar-refractivity contribution in [3.8, 4) is 11.3 Å². The molecule has 1 heterocycles. The van der Waals surface area contributed by atoms with Gasteiger partial charge in [0.15, 0.2) is 11.6 Å². The second-order valence-corrected chi connectivity index (χ2v) is 3.84. The molecule has 1 aromatic carbocycles. The number of aromatic nitrogens is 2. The molecule has 0 aliphatic carbocycles. The Bertz CT molecular complexity index is 641. The molecule has 0 atom stereocenters. The van der Waals surface area contributed by atoms with E-state index < -0.39 is 11.6 Å². The van der Waals surface area contributed by atoms with E-state index >= 15 is 0 Å². The Kier molecular flexibility index (Phi) is 4.01. The summed E-state index contributed by atoms with van der Waals surface area (Å²) in [4.78, 5) is 18.1. The van der Waals surface area contributed by atoms with E-state index in [9.17, 15) is 13.6 Å². The highest BCUT2D eigenvalue weighted by Gasteiger charge is 2.08. The van der Waals surface area contributed by atoms with Gasteiger partial charge in [-0.1, -0.05) is 0 Å². The number of hydrogen-bond acceptors (Lipinski definition) is 3. The van der Waals surface area contributed by atoms with Crippen molar-refractivity contribution in [3.05, 3.63) is 52.1 Å². The number of rotatable bonds is 4. The predicted octanol–water partition coefficient (Wildman–Crippen LogP) is 2.25. The Morgan fingerprint density at radius 3 is 2.74 bits per heavy atom. The molecule has 0 bridgehead atoms. The molecular weight excluding hydrogens is 254 g/mol. The molecule has 0 fully saturated rings. The smallest absolute Gasteiger partial charge is 0.251 e. The van der Waals surface area contributed by atoms with Crippen molar-refractivity contribution in [1.82, 2.24) is 9.97 Å². The highest BCUT2D eigenvalue weighted by molar-refractivity contribution is 5.58. The Balaban J connectivity index is 2.40. The molecule has 0 aliphatic rings. The van der Waals surface area contributed by atoms with E-state index in [1.807, 2.05) is 6.92 Å². The summed E-state index contributed by atoms with van der Waals surface area (Å²) >= 11 is 0. The molecule has 4 nitrogen and oxygen atoms in total. The SMILES string of the molecule is CCOCc1nc(-c2ccc(F)c(F)c2)cc(=O)[nH]1. The number of hydrogen-bond donors (Lipinski definition) is 1. The maximum atomic E-state index is 13.2. The lowest BCUT2D eigenvalue weighted by atomic mass is 10.1. The number of nitrogens with one attached hydrogen (secondary N) is 1. The molecule has 6 heteroatoms. The number of H-pyrrole nitrogens is 1. The van der Waals surface area contributed by atoms with Gasteiger partial charge in [0.05, 0.1) is 5.69 Å². The van der Waals surface area contributed by atoms with Crippen LogP contribution in [-0.2, 0) is 11.3 Å². The van der Waals surface area contributed by atoms with Crippen LogP contribution in [0.1, 0.15) is 12.7 Å². The van der Waals surface area contributed by atoms with Gasteiger partial charge in [-0.2, -0.15) is 0 Å². The Labute approximate surface area is 108 Å². The van der Waals surface area contributed by atoms with Crippen LogP contribution in [-0.4, -0.2) is 16.6 Å². The summed E-state index contributed by atoms with van der Waals surface area (Å²) in [6, 6.07) is 4.59. The first-order valence-electron chi connectivity index (χ1n) is 5.73. The minimum atomic E-state index is -0.981. The summed E-state index contributed by atoms with van der Waals surface area (Å²) in [5.41, 5.74) is 0.240. The molecule has 2 rings (SSSR count). The molecule has 1 aromatic heterocycles. The Morgan fingerprint density at radius 1 is 1.26 bits per heavy atom. The van der Waals surface area contributed by atoms with Gasteiger partial charge in [0.25, 0.3) is 5.56 Å². The second-order valence-electron chi connectivity index (χ2n) is 3.84. The van der Waals surface area contributed by atoms with Crippen molar-refractivity contribution >= 4 is 0 Å². The van der Waals surface area contributed by atoms with E-state index in [1.54, 1.807) is 0 Å². The van der Waals surface area contributed by atoms with Gasteiger partial charge in [0.2, 0.25) is 0 Å². The van der Waals surface area contributed by atoms with Crippen molar-refractivity contribution in [3.63, 3.8) is 0 Å². The van der Waals surface area contributed by atoms with Gasteiger partial charge in [-0.15, -0.1) is 0 Å². The molecule has 19 heavy (non-hydrogen) atoms. The molecule has 0 amide bonds. The predicted molar refractivity (Wildman–Crippen MR) is 65.5 cm³/mol. The molecule has 0 aliphatic heterocycles. The fourth-order valence-electron chi connectivity index (χ4n) is 1.58. The van der Waals surface area contributed by atoms with Gasteiger partial charge in [0.1, 0.15) is 12.4 Å². The van der Waals surface area contributed by atoms with E-state index in [1.165, 1.54) is 12.1 Å². The minimum Gasteiger partial charge on any atom is -0.374 e. The van der Waals surface area contributed by atoms with Crippen LogP contribution in [0.3, 0.4) is 0 Å². The fraction of sp³-hybridized carbons (Fsp3) is 0.231. The van der Waals surface area contributed by atoms with E-state index in [-0.39, 0.29) is 17.9 Å². The van der Waals surface area contributed by atoms with Crippen LogP contribution in [0, 0.1) is 11.6 Å². The van der Waals surface area contributed by atoms with E-state index in [4.69, 9.17) is 4.74 Å². The van der Waals surface area contributed by atoms with Crippen LogP contribution >= 0.6 is 0 Å². The molecule has 0 spiro atoms. The first-order chi connectivity index (χ1) is 9.10. The molecule has 0 saturated heterocycles. The van der Waals surface area contributed by atoms with Crippen molar-refractivity contribution in [1.29, 1.82) is 0 Å². The first kappa shape index (κ1) is 13.4. The largest absolute Gasteiger partial charge is 0.374 e. The topological polar surface area (TPSA) is 55.0 Å². The van der Waals surface area contributed by atoms with Crippen LogP contribution in [0.5, 0.6) is 0 Å². The van der Waals surface area contributed by atoms with Crippen LogP contribution < -0.4 is 5.56 Å². The van der Waals surface area contributed by atoms with Crippen LogP contribution in [0.15, 0.2) is 29.1 Å². The number of benzene rings is 1. The summed E-state index contributed by atoms with van der Waals surface area (Å²) < 4.78 is 31.2. The van der Waals surface area contributed by atoms with E-state index in [0.717, 1.165) is 12.1 Å². The van der Waals surface area contributed by atoms with Gasteiger partial charge in [-0.25, -0.2) is 13.8 Å². The van der Waals surface area contributed by atoms with Gasteiger partial charge >= 0.3 is 0 Å². The number of halogens is 2. The van der Waals surface area contributed by atoms with Gasteiger partial charge in [0, 0.05) is 18.2 Å². The van der Waals surface area contributed by atoms with Crippen molar-refractivity contribution < 1.29 is 13.5 Å².